The van der Waals surface area contributed by atoms with Crippen LogP contribution in [-0.4, -0.2) is 31.6 Å². The van der Waals surface area contributed by atoms with Gasteiger partial charge in [-0.3, -0.25) is 9.48 Å². The zero-order valence-electron chi connectivity index (χ0n) is 15.9. The van der Waals surface area contributed by atoms with Gasteiger partial charge in [-0.05, 0) is 43.5 Å². The highest BCUT2D eigenvalue weighted by Crippen LogP contribution is 2.24. The van der Waals surface area contributed by atoms with Crippen molar-refractivity contribution in [2.75, 3.05) is 11.1 Å². The molecule has 0 aliphatic carbocycles. The molecule has 7 nitrogen and oxygen atoms in total. The molecule has 0 radical (unpaired) electrons. The molecule has 0 atom stereocenters. The van der Waals surface area contributed by atoms with Crippen molar-refractivity contribution in [3.63, 3.8) is 0 Å². The Morgan fingerprint density at radius 3 is 2.67 bits per heavy atom. The summed E-state index contributed by atoms with van der Waals surface area (Å²) in [5.74, 6) is 0.945. The fourth-order valence-electron chi connectivity index (χ4n) is 2.61. The van der Waals surface area contributed by atoms with Gasteiger partial charge in [0.25, 0.3) is 11.1 Å². The Kier molecular flexibility index (Phi) is 5.95. The summed E-state index contributed by atoms with van der Waals surface area (Å²) in [7, 11) is 0. The van der Waals surface area contributed by atoms with Gasteiger partial charge in [-0.1, -0.05) is 37.7 Å². The second kappa shape index (κ2) is 8.39. The lowest BCUT2D eigenvalue weighted by atomic mass is 10.0. The van der Waals surface area contributed by atoms with Gasteiger partial charge >= 0.3 is 0 Å². The molecule has 1 aromatic carbocycles. The Labute approximate surface area is 162 Å². The molecule has 27 heavy (non-hydrogen) atoms. The first-order valence-electron chi connectivity index (χ1n) is 8.87. The number of nitrogens with one attached hydrogen (secondary N) is 1. The summed E-state index contributed by atoms with van der Waals surface area (Å²) in [6.45, 7) is 8.90. The predicted octanol–water partition coefficient (Wildman–Crippen LogP) is 4.12. The summed E-state index contributed by atoms with van der Waals surface area (Å²) in [5, 5.41) is 15.7. The van der Waals surface area contributed by atoms with Crippen molar-refractivity contribution in [1.82, 2.24) is 20.0 Å². The normalized spacial score (nSPS) is 11.1. The molecule has 0 aliphatic rings. The quantitative estimate of drug-likeness (QED) is 0.616. The van der Waals surface area contributed by atoms with E-state index in [0.717, 1.165) is 17.1 Å². The van der Waals surface area contributed by atoms with Crippen molar-refractivity contribution in [3.05, 3.63) is 41.6 Å². The zero-order valence-corrected chi connectivity index (χ0v) is 16.7. The van der Waals surface area contributed by atoms with Gasteiger partial charge in [-0.25, -0.2) is 0 Å². The van der Waals surface area contributed by atoms with E-state index in [1.54, 1.807) is 0 Å². The molecule has 2 heterocycles. The van der Waals surface area contributed by atoms with Gasteiger partial charge in [0, 0.05) is 12.2 Å². The maximum absolute atomic E-state index is 12.1. The molecule has 1 amide bonds. The number of aryl methyl sites for hydroxylation is 2. The molecule has 0 saturated carbocycles. The van der Waals surface area contributed by atoms with E-state index in [-0.39, 0.29) is 11.7 Å². The van der Waals surface area contributed by atoms with E-state index in [1.807, 2.05) is 48.9 Å². The maximum Gasteiger partial charge on any atom is 0.277 e. The summed E-state index contributed by atoms with van der Waals surface area (Å²) in [6, 6.07) is 9.78. The average Bonchev–Trinajstić information content (AvgIpc) is 3.26. The monoisotopic (exact) mass is 385 g/mol. The van der Waals surface area contributed by atoms with E-state index < -0.39 is 0 Å². The first-order chi connectivity index (χ1) is 13.0. The second-order valence-corrected chi connectivity index (χ2v) is 7.40. The summed E-state index contributed by atoms with van der Waals surface area (Å²) in [4.78, 5) is 12.1. The zero-order chi connectivity index (χ0) is 19.4. The first kappa shape index (κ1) is 19.2. The Balaban J connectivity index is 1.57. The number of carbonyl (C=O) groups excluding carboxylic acids is 1. The number of hydrogen-bond donors (Lipinski definition) is 1. The first-order valence-corrected chi connectivity index (χ1v) is 9.85. The molecule has 0 bridgehead atoms. The Bertz CT molecular complexity index is 915. The van der Waals surface area contributed by atoms with E-state index in [0.29, 0.717) is 23.6 Å². The molecule has 3 aromatic rings. The van der Waals surface area contributed by atoms with Gasteiger partial charge in [0.2, 0.25) is 5.91 Å². The van der Waals surface area contributed by atoms with E-state index in [4.69, 9.17) is 4.42 Å². The third-order valence-electron chi connectivity index (χ3n) is 4.02. The van der Waals surface area contributed by atoms with Crippen LogP contribution < -0.4 is 5.32 Å². The highest BCUT2D eigenvalue weighted by atomic mass is 32.2. The van der Waals surface area contributed by atoms with E-state index in [2.05, 4.69) is 34.5 Å². The number of amides is 1. The number of benzene rings is 1. The predicted molar refractivity (Wildman–Crippen MR) is 106 cm³/mol. The third-order valence-corrected chi connectivity index (χ3v) is 4.83. The van der Waals surface area contributed by atoms with Crippen molar-refractivity contribution in [2.45, 2.75) is 45.4 Å². The fourth-order valence-corrected chi connectivity index (χ4v) is 3.17. The van der Waals surface area contributed by atoms with Crippen LogP contribution in [-0.2, 0) is 11.3 Å². The van der Waals surface area contributed by atoms with Crippen LogP contribution in [0.2, 0.25) is 0 Å². The molecule has 8 heteroatoms. The van der Waals surface area contributed by atoms with Crippen LogP contribution in [0.4, 0.5) is 5.69 Å². The largest absolute Gasteiger partial charge is 0.410 e. The lowest BCUT2D eigenvalue weighted by Gasteiger charge is -2.07. The van der Waals surface area contributed by atoms with Gasteiger partial charge in [0.15, 0.2) is 0 Å². The minimum absolute atomic E-state index is 0.119. The van der Waals surface area contributed by atoms with Crippen LogP contribution in [0.3, 0.4) is 0 Å². The van der Waals surface area contributed by atoms with Crippen LogP contribution in [0.5, 0.6) is 0 Å². The summed E-state index contributed by atoms with van der Waals surface area (Å²) in [5.41, 5.74) is 3.69. The second-order valence-electron chi connectivity index (χ2n) is 6.47. The number of nitrogens with zero attached hydrogens (tertiary/aromatic N) is 4. The molecule has 3 rings (SSSR count). The molecule has 0 aliphatic heterocycles. The van der Waals surface area contributed by atoms with Gasteiger partial charge in [-0.2, -0.15) is 5.10 Å². The number of carbonyl (C=O) groups is 1. The SMILES string of the molecule is CCn1nc(C)cc1-c1nnc(SCC(=O)Nc2ccc(C(C)C)cc2)o1. The maximum atomic E-state index is 12.1. The number of thioether (sulfide) groups is 1. The number of hydrogen-bond acceptors (Lipinski definition) is 6. The fraction of sp³-hybridized carbons (Fsp3) is 0.368. The molecule has 0 unspecified atom stereocenters. The number of rotatable bonds is 7. The molecule has 0 spiro atoms. The van der Waals surface area contributed by atoms with Gasteiger partial charge in [0.1, 0.15) is 5.69 Å². The Morgan fingerprint density at radius 2 is 2.00 bits per heavy atom. The number of aromatic nitrogens is 4. The van der Waals surface area contributed by atoms with Crippen molar-refractivity contribution in [3.8, 4) is 11.6 Å². The number of anilines is 1. The minimum Gasteiger partial charge on any atom is -0.410 e. The summed E-state index contributed by atoms with van der Waals surface area (Å²) in [6.07, 6.45) is 0. The van der Waals surface area contributed by atoms with Crippen molar-refractivity contribution >= 4 is 23.4 Å². The Morgan fingerprint density at radius 1 is 1.26 bits per heavy atom. The van der Waals surface area contributed by atoms with Crippen LogP contribution in [0, 0.1) is 6.92 Å². The summed E-state index contributed by atoms with van der Waals surface area (Å²) >= 11 is 1.21. The van der Waals surface area contributed by atoms with E-state index in [9.17, 15) is 4.79 Å². The van der Waals surface area contributed by atoms with Crippen molar-refractivity contribution in [2.24, 2.45) is 0 Å². The van der Waals surface area contributed by atoms with Gasteiger partial charge in [0.05, 0.1) is 11.4 Å². The van der Waals surface area contributed by atoms with Gasteiger partial charge < -0.3 is 9.73 Å². The standard InChI is InChI=1S/C19H23N5O2S/c1-5-24-16(10-13(4)23-24)18-21-22-19(26-18)27-11-17(25)20-15-8-6-14(7-9-15)12(2)3/h6-10,12H,5,11H2,1-4H3,(H,20,25). The van der Waals surface area contributed by atoms with Crippen LogP contribution in [0.25, 0.3) is 11.6 Å². The molecule has 0 saturated heterocycles. The van der Waals surface area contributed by atoms with E-state index >= 15 is 0 Å². The van der Waals surface area contributed by atoms with E-state index in [1.165, 1.54) is 17.3 Å². The van der Waals surface area contributed by atoms with Crippen molar-refractivity contribution < 1.29 is 9.21 Å². The molecule has 142 valence electrons. The average molecular weight is 385 g/mol. The minimum atomic E-state index is -0.119. The lowest BCUT2D eigenvalue weighted by molar-refractivity contribution is -0.113. The van der Waals surface area contributed by atoms with Crippen LogP contribution in [0.1, 0.15) is 37.9 Å². The topological polar surface area (TPSA) is 85.8 Å². The Hall–Kier alpha value is -2.61. The molecular weight excluding hydrogens is 362 g/mol. The van der Waals surface area contributed by atoms with Crippen molar-refractivity contribution in [1.29, 1.82) is 0 Å². The molecule has 1 N–H and O–H groups in total. The smallest absolute Gasteiger partial charge is 0.277 e. The van der Waals surface area contributed by atoms with Gasteiger partial charge in [-0.15, -0.1) is 10.2 Å². The molecule has 0 fully saturated rings. The summed E-state index contributed by atoms with van der Waals surface area (Å²) < 4.78 is 7.48. The highest BCUT2D eigenvalue weighted by molar-refractivity contribution is 7.99. The van der Waals surface area contributed by atoms with Crippen LogP contribution in [0.15, 0.2) is 40.0 Å². The highest BCUT2D eigenvalue weighted by Gasteiger charge is 2.15. The molecular formula is C19H23N5O2S. The molecule has 2 aromatic heterocycles. The van der Waals surface area contributed by atoms with Crippen LogP contribution >= 0.6 is 11.8 Å². The lowest BCUT2D eigenvalue weighted by Crippen LogP contribution is -2.14. The third kappa shape index (κ3) is 4.77.